The van der Waals surface area contributed by atoms with E-state index in [1.807, 2.05) is 13.0 Å². The van der Waals surface area contributed by atoms with Gasteiger partial charge in [0, 0.05) is 28.5 Å². The van der Waals surface area contributed by atoms with E-state index in [9.17, 15) is 18.0 Å². The average Bonchev–Trinajstić information content (AvgIpc) is 3.62. The Morgan fingerprint density at radius 1 is 0.844 bits per heavy atom. The van der Waals surface area contributed by atoms with Crippen LogP contribution in [0.4, 0.5) is 17.1 Å². The number of anilines is 3. The Morgan fingerprint density at radius 2 is 1.53 bits per heavy atom. The van der Waals surface area contributed by atoms with Crippen LogP contribution in [0.25, 0.3) is 0 Å². The lowest BCUT2D eigenvalue weighted by molar-refractivity contribution is -0.117. The Hall–Kier alpha value is -3.65. The number of amides is 2. The summed E-state index contributed by atoms with van der Waals surface area (Å²) in [6.45, 7) is 1.85. The molecule has 4 rings (SSSR count). The van der Waals surface area contributed by atoms with E-state index in [1.165, 1.54) is 24.3 Å². The van der Waals surface area contributed by atoms with Crippen molar-refractivity contribution >= 4 is 38.9 Å². The molecular formula is C24H23N3O4S. The molecule has 0 aromatic heterocycles. The third-order valence-corrected chi connectivity index (χ3v) is 6.55. The first-order valence-corrected chi connectivity index (χ1v) is 11.7. The summed E-state index contributed by atoms with van der Waals surface area (Å²) >= 11 is 0. The minimum absolute atomic E-state index is 0.00737. The Morgan fingerprint density at radius 3 is 2.19 bits per heavy atom. The Labute approximate surface area is 186 Å². The fourth-order valence-corrected chi connectivity index (χ4v) is 4.18. The van der Waals surface area contributed by atoms with Crippen molar-refractivity contribution in [1.29, 1.82) is 0 Å². The van der Waals surface area contributed by atoms with Crippen LogP contribution in [0.3, 0.4) is 0 Å². The molecule has 0 unspecified atom stereocenters. The molecule has 164 valence electrons. The molecule has 0 bridgehead atoms. The maximum Gasteiger partial charge on any atom is 0.261 e. The number of hydrogen-bond donors (Lipinski definition) is 3. The quantitative estimate of drug-likeness (QED) is 0.497. The summed E-state index contributed by atoms with van der Waals surface area (Å²) in [5.41, 5.74) is 2.81. The molecule has 0 spiro atoms. The van der Waals surface area contributed by atoms with Crippen molar-refractivity contribution in [3.8, 4) is 0 Å². The predicted octanol–water partition coefficient (Wildman–Crippen LogP) is 4.40. The van der Waals surface area contributed by atoms with Crippen molar-refractivity contribution in [2.24, 2.45) is 5.92 Å². The number of rotatable bonds is 7. The van der Waals surface area contributed by atoms with Crippen molar-refractivity contribution in [3.63, 3.8) is 0 Å². The molecule has 8 heteroatoms. The van der Waals surface area contributed by atoms with Gasteiger partial charge in [-0.2, -0.15) is 0 Å². The summed E-state index contributed by atoms with van der Waals surface area (Å²) in [7, 11) is -3.76. The van der Waals surface area contributed by atoms with E-state index in [4.69, 9.17) is 0 Å². The first kappa shape index (κ1) is 21.6. The van der Waals surface area contributed by atoms with Gasteiger partial charge in [-0.3, -0.25) is 14.3 Å². The van der Waals surface area contributed by atoms with Crippen LogP contribution in [0.15, 0.2) is 77.7 Å². The van der Waals surface area contributed by atoms with E-state index in [0.717, 1.165) is 18.4 Å². The number of aryl methyl sites for hydroxylation is 1. The molecule has 3 N–H and O–H groups in total. The zero-order valence-corrected chi connectivity index (χ0v) is 18.3. The molecule has 7 nitrogen and oxygen atoms in total. The molecule has 32 heavy (non-hydrogen) atoms. The molecular weight excluding hydrogens is 426 g/mol. The Balaban J connectivity index is 1.45. The summed E-state index contributed by atoms with van der Waals surface area (Å²) in [6, 6.07) is 19.6. The second-order valence-electron chi connectivity index (χ2n) is 7.74. The predicted molar refractivity (Wildman–Crippen MR) is 124 cm³/mol. The monoisotopic (exact) mass is 449 g/mol. The highest BCUT2D eigenvalue weighted by Gasteiger charge is 2.29. The lowest BCUT2D eigenvalue weighted by atomic mass is 10.1. The van der Waals surface area contributed by atoms with E-state index in [1.54, 1.807) is 42.5 Å². The van der Waals surface area contributed by atoms with Gasteiger partial charge >= 0.3 is 0 Å². The number of para-hydroxylation sites is 1. The van der Waals surface area contributed by atoms with Crippen molar-refractivity contribution in [2.45, 2.75) is 24.7 Å². The standard InChI is InChI=1S/C24H23N3O4S/c1-16-7-12-20(25-23(28)17-8-9-17)15-22(16)26-24(29)18-10-13-21(14-11-18)32(30,31)27-19-5-3-2-4-6-19/h2-7,10-15,17,27H,8-9H2,1H3,(H,25,28)(H,26,29). The van der Waals surface area contributed by atoms with Crippen LogP contribution in [0.5, 0.6) is 0 Å². The fraction of sp³-hybridized carbons (Fsp3) is 0.167. The van der Waals surface area contributed by atoms with Crippen molar-refractivity contribution in [2.75, 3.05) is 15.4 Å². The largest absolute Gasteiger partial charge is 0.326 e. The van der Waals surface area contributed by atoms with Gasteiger partial charge in [-0.1, -0.05) is 24.3 Å². The lowest BCUT2D eigenvalue weighted by Gasteiger charge is -2.12. The molecule has 0 saturated heterocycles. The fourth-order valence-electron chi connectivity index (χ4n) is 3.12. The number of sulfonamides is 1. The van der Waals surface area contributed by atoms with E-state index >= 15 is 0 Å². The molecule has 0 atom stereocenters. The normalized spacial score (nSPS) is 13.3. The van der Waals surface area contributed by atoms with Gasteiger partial charge in [0.1, 0.15) is 0 Å². The second kappa shape index (κ2) is 8.84. The maximum atomic E-state index is 12.7. The van der Waals surface area contributed by atoms with E-state index < -0.39 is 10.0 Å². The topological polar surface area (TPSA) is 104 Å². The highest BCUT2D eigenvalue weighted by atomic mass is 32.2. The first-order valence-electron chi connectivity index (χ1n) is 10.2. The SMILES string of the molecule is Cc1ccc(NC(=O)C2CC2)cc1NC(=O)c1ccc(S(=O)(=O)Nc2ccccc2)cc1. The molecule has 1 aliphatic carbocycles. The van der Waals surface area contributed by atoms with Gasteiger partial charge in [-0.05, 0) is 73.9 Å². The Kier molecular flexibility index (Phi) is 5.96. The van der Waals surface area contributed by atoms with Gasteiger partial charge in [0.25, 0.3) is 15.9 Å². The molecule has 0 radical (unpaired) electrons. The number of carbonyl (C=O) groups excluding carboxylic acids is 2. The van der Waals surface area contributed by atoms with Crippen LogP contribution in [0.1, 0.15) is 28.8 Å². The van der Waals surface area contributed by atoms with E-state index in [0.29, 0.717) is 22.6 Å². The summed E-state index contributed by atoms with van der Waals surface area (Å²) in [6.07, 6.45) is 1.82. The summed E-state index contributed by atoms with van der Waals surface area (Å²) in [4.78, 5) is 24.8. The maximum absolute atomic E-state index is 12.7. The zero-order chi connectivity index (χ0) is 22.7. The lowest BCUT2D eigenvalue weighted by Crippen LogP contribution is -2.16. The van der Waals surface area contributed by atoms with Gasteiger partial charge in [-0.15, -0.1) is 0 Å². The number of hydrogen-bond acceptors (Lipinski definition) is 4. The van der Waals surface area contributed by atoms with Gasteiger partial charge in [0.15, 0.2) is 0 Å². The van der Waals surface area contributed by atoms with Crippen LogP contribution in [-0.4, -0.2) is 20.2 Å². The molecule has 3 aromatic rings. The van der Waals surface area contributed by atoms with Crippen molar-refractivity contribution in [3.05, 3.63) is 83.9 Å². The molecule has 1 aliphatic rings. The summed E-state index contributed by atoms with van der Waals surface area (Å²) < 4.78 is 27.6. The van der Waals surface area contributed by atoms with Gasteiger partial charge in [0.05, 0.1) is 4.90 Å². The van der Waals surface area contributed by atoms with Crippen LogP contribution in [0.2, 0.25) is 0 Å². The minimum atomic E-state index is -3.76. The van der Waals surface area contributed by atoms with Crippen LogP contribution in [0, 0.1) is 12.8 Å². The first-order chi connectivity index (χ1) is 15.3. The molecule has 1 saturated carbocycles. The number of nitrogens with one attached hydrogen (secondary N) is 3. The molecule has 0 heterocycles. The average molecular weight is 450 g/mol. The third kappa shape index (κ3) is 5.15. The number of benzene rings is 3. The van der Waals surface area contributed by atoms with E-state index in [-0.39, 0.29) is 22.6 Å². The molecule has 2 amide bonds. The third-order valence-electron chi connectivity index (χ3n) is 5.15. The molecule has 3 aromatic carbocycles. The molecule has 0 aliphatic heterocycles. The summed E-state index contributed by atoms with van der Waals surface area (Å²) in [5, 5.41) is 5.69. The smallest absolute Gasteiger partial charge is 0.261 e. The van der Waals surface area contributed by atoms with Crippen LogP contribution < -0.4 is 15.4 Å². The Bertz CT molecular complexity index is 1250. The number of carbonyl (C=O) groups is 2. The summed E-state index contributed by atoms with van der Waals surface area (Å²) in [5.74, 6) is -0.300. The van der Waals surface area contributed by atoms with Crippen molar-refractivity contribution in [1.82, 2.24) is 0 Å². The van der Waals surface area contributed by atoms with Gasteiger partial charge in [0.2, 0.25) is 5.91 Å². The van der Waals surface area contributed by atoms with Crippen molar-refractivity contribution < 1.29 is 18.0 Å². The van der Waals surface area contributed by atoms with E-state index in [2.05, 4.69) is 15.4 Å². The zero-order valence-electron chi connectivity index (χ0n) is 17.5. The minimum Gasteiger partial charge on any atom is -0.326 e. The second-order valence-corrected chi connectivity index (χ2v) is 9.43. The van der Waals surface area contributed by atoms with Gasteiger partial charge in [-0.25, -0.2) is 8.42 Å². The molecule has 1 fully saturated rings. The highest BCUT2D eigenvalue weighted by Crippen LogP contribution is 2.31. The highest BCUT2D eigenvalue weighted by molar-refractivity contribution is 7.92. The van der Waals surface area contributed by atoms with Gasteiger partial charge < -0.3 is 10.6 Å². The van der Waals surface area contributed by atoms with Crippen LogP contribution in [-0.2, 0) is 14.8 Å². The van der Waals surface area contributed by atoms with Crippen LogP contribution >= 0.6 is 0 Å².